The summed E-state index contributed by atoms with van der Waals surface area (Å²) in [7, 11) is 0. The number of H-pyrrole nitrogens is 1. The summed E-state index contributed by atoms with van der Waals surface area (Å²) in [5.41, 5.74) is 11.6. The number of rotatable bonds is 11. The second-order valence-electron chi connectivity index (χ2n) is 7.12. The number of hydrogen-bond acceptors (Lipinski definition) is 7. The molecular weight excluding hydrogens is 430 g/mol. The van der Waals surface area contributed by atoms with Crippen molar-refractivity contribution in [1.29, 1.82) is 0 Å². The Kier molecular flexibility index (Phi) is 9.57. The van der Waals surface area contributed by atoms with E-state index >= 15 is 0 Å². The number of para-hydroxylation sites is 1. The number of hydrazine groups is 1. The molecule has 1 aromatic heterocycles. The molecule has 3 amide bonds. The fraction of sp³-hybridized carbons (Fsp3) is 0.368. The number of amides is 3. The van der Waals surface area contributed by atoms with Crippen LogP contribution in [0.4, 0.5) is 0 Å². The van der Waals surface area contributed by atoms with Crippen molar-refractivity contribution in [1.82, 2.24) is 26.5 Å². The Balaban J connectivity index is 2.14. The van der Waals surface area contributed by atoms with Crippen molar-refractivity contribution in [3.63, 3.8) is 0 Å². The smallest absolute Gasteiger partial charge is 0.264 e. The van der Waals surface area contributed by atoms with E-state index in [1.54, 1.807) is 6.20 Å². The van der Waals surface area contributed by atoms with Gasteiger partial charge in [-0.25, -0.2) is 11.3 Å². The Morgan fingerprint density at radius 3 is 2.58 bits per heavy atom. The number of fused-ring (bicyclic) bond motifs is 1. The van der Waals surface area contributed by atoms with Crippen LogP contribution in [0.2, 0.25) is 0 Å². The third-order valence-corrected chi connectivity index (χ3v) is 4.72. The molecule has 14 nitrogen and oxygen atoms in total. The summed E-state index contributed by atoms with van der Waals surface area (Å²) in [6, 6.07) is 5.71. The Morgan fingerprint density at radius 2 is 1.88 bits per heavy atom. The van der Waals surface area contributed by atoms with Gasteiger partial charge in [-0.15, -0.1) is 0 Å². The van der Waals surface area contributed by atoms with Crippen molar-refractivity contribution >= 4 is 34.6 Å². The molecule has 14 heteroatoms. The fourth-order valence-corrected chi connectivity index (χ4v) is 3.21. The van der Waals surface area contributed by atoms with Crippen LogP contribution in [-0.2, 0) is 20.8 Å². The van der Waals surface area contributed by atoms with Gasteiger partial charge in [-0.3, -0.25) is 24.8 Å². The lowest BCUT2D eigenvalue weighted by atomic mass is 10.0. The number of nitrogens with zero attached hydrogens (tertiary/aromatic N) is 3. The predicted molar refractivity (Wildman–Crippen MR) is 122 cm³/mol. The molecule has 2 unspecified atom stereocenters. The number of nitrogens with two attached hydrogens (primary N) is 3. The van der Waals surface area contributed by atoms with Gasteiger partial charge in [-0.1, -0.05) is 23.4 Å². The molecule has 11 N–H and O–H groups in total. The van der Waals surface area contributed by atoms with Gasteiger partial charge in [0.15, 0.2) is 0 Å². The van der Waals surface area contributed by atoms with Crippen molar-refractivity contribution in [2.45, 2.75) is 38.3 Å². The zero-order valence-electron chi connectivity index (χ0n) is 18.2. The first kappa shape index (κ1) is 25.1. The maximum atomic E-state index is 13.0. The zero-order chi connectivity index (χ0) is 24.2. The number of benzene rings is 1. The molecule has 0 aliphatic heterocycles. The first-order valence-electron chi connectivity index (χ1n) is 10.1. The molecule has 1 aromatic carbocycles. The van der Waals surface area contributed by atoms with Crippen molar-refractivity contribution in [3.05, 3.63) is 36.0 Å². The molecule has 178 valence electrons. The maximum absolute atomic E-state index is 13.0. The number of aromatic nitrogens is 1. The van der Waals surface area contributed by atoms with Gasteiger partial charge in [-0.05, 0) is 29.7 Å². The lowest BCUT2D eigenvalue weighted by Crippen LogP contribution is -2.53. The van der Waals surface area contributed by atoms with E-state index in [-0.39, 0.29) is 31.3 Å². The largest absolute Gasteiger partial charge is 0.369 e. The molecule has 0 spiro atoms. The minimum Gasteiger partial charge on any atom is -0.369 e. The molecule has 0 saturated carbocycles. The van der Waals surface area contributed by atoms with Crippen LogP contribution in [-0.4, -0.2) is 47.3 Å². The van der Waals surface area contributed by atoms with E-state index in [0.717, 1.165) is 16.5 Å². The summed E-state index contributed by atoms with van der Waals surface area (Å²) in [6.07, 6.45) is 2.61. The van der Waals surface area contributed by atoms with Crippen molar-refractivity contribution in [3.8, 4) is 0 Å². The highest BCUT2D eigenvalue weighted by atomic mass is 16.2. The van der Waals surface area contributed by atoms with Gasteiger partial charge < -0.3 is 27.2 Å². The van der Waals surface area contributed by atoms with E-state index in [1.807, 2.05) is 24.3 Å². The first-order chi connectivity index (χ1) is 15.8. The second-order valence-corrected chi connectivity index (χ2v) is 7.12. The highest BCUT2D eigenvalue weighted by molar-refractivity contribution is 5.92. The lowest BCUT2D eigenvalue weighted by molar-refractivity contribution is -0.131. The zero-order valence-corrected chi connectivity index (χ0v) is 18.2. The molecule has 0 radical (unpaired) electrons. The van der Waals surface area contributed by atoms with E-state index in [1.165, 1.54) is 6.92 Å². The number of aromatic amines is 1. The monoisotopic (exact) mass is 459 g/mol. The number of guanidine groups is 1. The topological polar surface area (TPSA) is 230 Å². The first-order valence-corrected chi connectivity index (χ1v) is 10.1. The lowest BCUT2D eigenvalue weighted by Gasteiger charge is -2.22. The van der Waals surface area contributed by atoms with Gasteiger partial charge in [0.2, 0.25) is 17.8 Å². The molecule has 1 heterocycles. The van der Waals surface area contributed by atoms with Crippen LogP contribution >= 0.6 is 0 Å². The van der Waals surface area contributed by atoms with Crippen LogP contribution in [0.1, 0.15) is 25.3 Å². The number of carbonyl (C=O) groups excluding carboxylic acids is 3. The molecule has 33 heavy (non-hydrogen) atoms. The maximum Gasteiger partial charge on any atom is 0.264 e. The van der Waals surface area contributed by atoms with Crippen molar-refractivity contribution < 1.29 is 14.4 Å². The molecular formula is C19H29N11O3. The van der Waals surface area contributed by atoms with E-state index in [9.17, 15) is 14.4 Å². The number of hydrogen-bond donors (Lipinski definition) is 8. The summed E-state index contributed by atoms with van der Waals surface area (Å²) in [6.45, 7) is 1.58. The normalized spacial score (nSPS) is 13.5. The predicted octanol–water partition coefficient (Wildman–Crippen LogP) is -1.38. The van der Waals surface area contributed by atoms with Gasteiger partial charge in [-0.2, -0.15) is 0 Å². The number of carbonyl (C=O) groups is 3. The summed E-state index contributed by atoms with van der Waals surface area (Å²) >= 11 is 0. The Hall–Kier alpha value is -4.20. The highest BCUT2D eigenvalue weighted by Gasteiger charge is 2.27. The van der Waals surface area contributed by atoms with E-state index < -0.39 is 23.9 Å². The van der Waals surface area contributed by atoms with Crippen LogP contribution in [0.15, 0.2) is 45.9 Å². The van der Waals surface area contributed by atoms with Gasteiger partial charge in [0.05, 0.1) is 0 Å². The molecule has 0 aliphatic carbocycles. The molecule has 0 fully saturated rings. The average molecular weight is 460 g/mol. The van der Waals surface area contributed by atoms with Crippen LogP contribution in [0.25, 0.3) is 10.9 Å². The minimum absolute atomic E-state index is 0.0430. The molecule has 0 aliphatic rings. The molecule has 0 bridgehead atoms. The van der Waals surface area contributed by atoms with E-state index in [4.69, 9.17) is 17.4 Å². The highest BCUT2D eigenvalue weighted by Crippen LogP contribution is 2.19. The number of nitrogens with one attached hydrogen (secondary N) is 5. The molecule has 2 atom stereocenters. The van der Waals surface area contributed by atoms with E-state index in [2.05, 4.69) is 41.9 Å². The fourth-order valence-electron chi connectivity index (χ4n) is 3.21. The third kappa shape index (κ3) is 7.77. The Bertz CT molecular complexity index is 1020. The van der Waals surface area contributed by atoms with Crippen molar-refractivity contribution in [2.24, 2.45) is 32.9 Å². The van der Waals surface area contributed by atoms with Crippen LogP contribution in [0.3, 0.4) is 0 Å². The SMILES string of the molecule is CC(=O)NC(Cc1c[nH]c2ccccc12)C(=O)NC(CCCN=C(N)NN)C(=O)NN=NN. The summed E-state index contributed by atoms with van der Waals surface area (Å²) in [5, 5.41) is 12.5. The van der Waals surface area contributed by atoms with Gasteiger partial charge in [0.1, 0.15) is 12.1 Å². The van der Waals surface area contributed by atoms with Gasteiger partial charge >= 0.3 is 0 Å². The minimum atomic E-state index is -0.982. The van der Waals surface area contributed by atoms with Gasteiger partial charge in [0.25, 0.3) is 5.91 Å². The van der Waals surface area contributed by atoms with Crippen LogP contribution < -0.4 is 38.9 Å². The van der Waals surface area contributed by atoms with Crippen molar-refractivity contribution in [2.75, 3.05) is 6.54 Å². The van der Waals surface area contributed by atoms with E-state index in [0.29, 0.717) is 6.42 Å². The average Bonchev–Trinajstić information content (AvgIpc) is 3.21. The second kappa shape index (κ2) is 12.6. The van der Waals surface area contributed by atoms with Crippen LogP contribution in [0, 0.1) is 0 Å². The standard InChI is InChI=1S/C19H29N11O3/c1-11(31)25-16(9-12-10-24-14-6-3-2-5-13(12)14)17(32)26-15(18(33)28-30-29-22)7-4-8-23-19(20)27-21/h2-3,5-6,10,15-16,24H,4,7-9,21H2,1H3,(H2,22,30)(H,25,31)(H,26,32)(H3,20,23,27)(H,28,29,33). The molecule has 0 saturated heterocycles. The van der Waals surface area contributed by atoms with Gasteiger partial charge in [0, 0.05) is 37.0 Å². The quantitative estimate of drug-likeness (QED) is 0.0500. The number of aliphatic imine (C=N–C) groups is 1. The Labute approximate surface area is 189 Å². The summed E-state index contributed by atoms with van der Waals surface area (Å²) < 4.78 is 0. The summed E-state index contributed by atoms with van der Waals surface area (Å²) in [4.78, 5) is 44.3. The Morgan fingerprint density at radius 1 is 1.12 bits per heavy atom. The third-order valence-electron chi connectivity index (χ3n) is 4.72. The molecule has 2 aromatic rings. The van der Waals surface area contributed by atoms with Crippen LogP contribution in [0.5, 0.6) is 0 Å². The molecule has 2 rings (SSSR count). The summed E-state index contributed by atoms with van der Waals surface area (Å²) in [5.74, 6) is 8.58.